The molecule has 3 rings (SSSR count). The van der Waals surface area contributed by atoms with Crippen molar-refractivity contribution in [1.82, 2.24) is 4.57 Å². The lowest BCUT2D eigenvalue weighted by Gasteiger charge is -2.13. The standard InChI is InChI=1S/C25H24N4O4/c1-16(2)33-25(32)19-9-11-20(12-10-19)27-28-22-17(3)21(15-26)23(30)29(24(22)31)14-13-18-7-5-4-6-8-18/h4-12,16,30H,13-14H2,1-3H3. The number of benzene rings is 2. The Bertz CT molecular complexity index is 1270. The van der Waals surface area contributed by atoms with Crippen molar-refractivity contribution in [2.45, 2.75) is 39.8 Å². The van der Waals surface area contributed by atoms with E-state index in [1.54, 1.807) is 45.0 Å². The van der Waals surface area contributed by atoms with Crippen molar-refractivity contribution in [3.8, 4) is 11.9 Å². The molecular formula is C25H24N4O4. The monoisotopic (exact) mass is 444 g/mol. The summed E-state index contributed by atoms with van der Waals surface area (Å²) in [5.41, 5.74) is 1.43. The van der Waals surface area contributed by atoms with Gasteiger partial charge in [-0.1, -0.05) is 30.3 Å². The van der Waals surface area contributed by atoms with Crippen LogP contribution in [0, 0.1) is 18.3 Å². The number of aromatic hydroxyl groups is 1. The van der Waals surface area contributed by atoms with Crippen LogP contribution in [0.25, 0.3) is 0 Å². The summed E-state index contributed by atoms with van der Waals surface area (Å²) in [5.74, 6) is -0.828. The molecule has 8 heteroatoms. The predicted molar refractivity (Wildman–Crippen MR) is 123 cm³/mol. The highest BCUT2D eigenvalue weighted by Gasteiger charge is 2.19. The van der Waals surface area contributed by atoms with Gasteiger partial charge in [0.1, 0.15) is 11.6 Å². The van der Waals surface area contributed by atoms with E-state index in [0.717, 1.165) is 10.1 Å². The van der Waals surface area contributed by atoms with Gasteiger partial charge >= 0.3 is 5.97 Å². The smallest absolute Gasteiger partial charge is 0.338 e. The first kappa shape index (κ1) is 23.4. The molecule has 1 aromatic heterocycles. The molecule has 0 saturated carbocycles. The van der Waals surface area contributed by atoms with E-state index in [4.69, 9.17) is 4.74 Å². The second kappa shape index (κ2) is 10.4. The quantitative estimate of drug-likeness (QED) is 0.408. The molecule has 168 valence electrons. The Balaban J connectivity index is 1.91. The number of pyridine rings is 1. The van der Waals surface area contributed by atoms with E-state index in [-0.39, 0.29) is 35.3 Å². The zero-order valence-corrected chi connectivity index (χ0v) is 18.6. The molecule has 3 aromatic rings. The van der Waals surface area contributed by atoms with Gasteiger partial charge in [0.05, 0.1) is 17.4 Å². The highest BCUT2D eigenvalue weighted by atomic mass is 16.5. The lowest BCUT2D eigenvalue weighted by Crippen LogP contribution is -2.22. The predicted octanol–water partition coefficient (Wildman–Crippen LogP) is 4.96. The van der Waals surface area contributed by atoms with Gasteiger partial charge in [0.25, 0.3) is 5.56 Å². The van der Waals surface area contributed by atoms with Crippen molar-refractivity contribution in [3.63, 3.8) is 0 Å². The summed E-state index contributed by atoms with van der Waals surface area (Å²) in [5, 5.41) is 28.2. The number of hydrogen-bond donors (Lipinski definition) is 1. The van der Waals surface area contributed by atoms with Gasteiger partial charge in [-0.05, 0) is 57.0 Å². The van der Waals surface area contributed by atoms with Gasteiger partial charge in [-0.25, -0.2) is 4.79 Å². The number of ether oxygens (including phenoxy) is 1. The van der Waals surface area contributed by atoms with Crippen LogP contribution in [-0.4, -0.2) is 21.7 Å². The summed E-state index contributed by atoms with van der Waals surface area (Å²) in [6.07, 6.45) is 0.264. The number of nitrogens with zero attached hydrogens (tertiary/aromatic N) is 4. The SMILES string of the molecule is Cc1c(C#N)c(O)n(CCc2ccccc2)c(=O)c1N=Nc1ccc(C(=O)OC(C)C)cc1. The minimum absolute atomic E-state index is 0.0246. The number of aromatic nitrogens is 1. The molecule has 0 aliphatic rings. The largest absolute Gasteiger partial charge is 0.493 e. The van der Waals surface area contributed by atoms with E-state index < -0.39 is 11.5 Å². The van der Waals surface area contributed by atoms with Crippen LogP contribution in [0.3, 0.4) is 0 Å². The van der Waals surface area contributed by atoms with E-state index in [1.165, 1.54) is 0 Å². The van der Waals surface area contributed by atoms with Crippen LogP contribution in [0.1, 0.15) is 40.9 Å². The van der Waals surface area contributed by atoms with Crippen LogP contribution in [0.2, 0.25) is 0 Å². The van der Waals surface area contributed by atoms with E-state index in [9.17, 15) is 20.0 Å². The van der Waals surface area contributed by atoms with Crippen LogP contribution >= 0.6 is 0 Å². The fraction of sp³-hybridized carbons (Fsp3) is 0.240. The summed E-state index contributed by atoms with van der Waals surface area (Å²) in [6, 6.07) is 17.7. The van der Waals surface area contributed by atoms with Crippen LogP contribution in [0.5, 0.6) is 5.88 Å². The minimum Gasteiger partial charge on any atom is -0.493 e. The maximum absolute atomic E-state index is 13.0. The number of carbonyl (C=O) groups is 1. The summed E-state index contributed by atoms with van der Waals surface area (Å²) in [4.78, 5) is 25.0. The molecule has 0 atom stereocenters. The Labute approximate surface area is 191 Å². The topological polar surface area (TPSA) is 117 Å². The van der Waals surface area contributed by atoms with Crippen LogP contribution in [0.15, 0.2) is 69.6 Å². The van der Waals surface area contributed by atoms with E-state index in [2.05, 4.69) is 10.2 Å². The van der Waals surface area contributed by atoms with Crippen molar-refractivity contribution in [3.05, 3.63) is 87.2 Å². The van der Waals surface area contributed by atoms with Gasteiger partial charge in [0, 0.05) is 12.1 Å². The summed E-state index contributed by atoms with van der Waals surface area (Å²) in [7, 11) is 0. The average molecular weight is 444 g/mol. The molecule has 0 radical (unpaired) electrons. The molecule has 0 aliphatic carbocycles. The van der Waals surface area contributed by atoms with Gasteiger partial charge < -0.3 is 9.84 Å². The zero-order valence-electron chi connectivity index (χ0n) is 18.6. The third-order valence-corrected chi connectivity index (χ3v) is 4.95. The minimum atomic E-state index is -0.541. The summed E-state index contributed by atoms with van der Waals surface area (Å²) < 4.78 is 6.29. The molecule has 0 aliphatic heterocycles. The molecule has 33 heavy (non-hydrogen) atoms. The van der Waals surface area contributed by atoms with Crippen LogP contribution in [0.4, 0.5) is 11.4 Å². The van der Waals surface area contributed by atoms with Gasteiger partial charge in [0.2, 0.25) is 5.88 Å². The van der Waals surface area contributed by atoms with E-state index in [0.29, 0.717) is 17.7 Å². The van der Waals surface area contributed by atoms with E-state index >= 15 is 0 Å². The first-order chi connectivity index (χ1) is 15.8. The Morgan fingerprint density at radius 3 is 2.39 bits per heavy atom. The number of esters is 1. The lowest BCUT2D eigenvalue weighted by atomic mass is 10.1. The van der Waals surface area contributed by atoms with Crippen molar-refractivity contribution in [2.75, 3.05) is 0 Å². The number of hydrogen-bond acceptors (Lipinski definition) is 7. The Morgan fingerprint density at radius 2 is 1.79 bits per heavy atom. The molecule has 0 bridgehead atoms. The van der Waals surface area contributed by atoms with Gasteiger partial charge in [0.15, 0.2) is 5.69 Å². The average Bonchev–Trinajstić information content (AvgIpc) is 2.80. The van der Waals surface area contributed by atoms with Gasteiger partial charge in [-0.15, -0.1) is 5.11 Å². The van der Waals surface area contributed by atoms with Crippen LogP contribution in [-0.2, 0) is 17.7 Å². The molecule has 0 spiro atoms. The maximum Gasteiger partial charge on any atom is 0.338 e. The van der Waals surface area contributed by atoms with E-state index in [1.807, 2.05) is 36.4 Å². The molecule has 2 aromatic carbocycles. The van der Waals surface area contributed by atoms with Crippen molar-refractivity contribution in [2.24, 2.45) is 10.2 Å². The third kappa shape index (κ3) is 5.52. The second-order valence-corrected chi connectivity index (χ2v) is 7.68. The zero-order chi connectivity index (χ0) is 24.0. The van der Waals surface area contributed by atoms with Crippen molar-refractivity contribution >= 4 is 17.3 Å². The fourth-order valence-electron chi connectivity index (χ4n) is 3.20. The number of azo groups is 1. The number of nitriles is 1. The van der Waals surface area contributed by atoms with Gasteiger partial charge in [-0.2, -0.15) is 10.4 Å². The second-order valence-electron chi connectivity index (χ2n) is 7.68. The molecule has 0 unspecified atom stereocenters. The summed E-state index contributed by atoms with van der Waals surface area (Å²) in [6.45, 7) is 5.25. The van der Waals surface area contributed by atoms with Crippen LogP contribution < -0.4 is 5.56 Å². The summed E-state index contributed by atoms with van der Waals surface area (Å²) >= 11 is 0. The normalized spacial score (nSPS) is 11.0. The molecule has 1 N–H and O–H groups in total. The highest BCUT2D eigenvalue weighted by molar-refractivity contribution is 5.89. The number of aryl methyl sites for hydroxylation is 1. The molecule has 8 nitrogen and oxygen atoms in total. The van der Waals surface area contributed by atoms with Crippen molar-refractivity contribution in [1.29, 1.82) is 5.26 Å². The first-order valence-corrected chi connectivity index (χ1v) is 10.4. The first-order valence-electron chi connectivity index (χ1n) is 10.4. The highest BCUT2D eigenvalue weighted by Crippen LogP contribution is 2.27. The molecule has 0 saturated heterocycles. The fourth-order valence-corrected chi connectivity index (χ4v) is 3.20. The van der Waals surface area contributed by atoms with Gasteiger partial charge in [-0.3, -0.25) is 9.36 Å². The molecule has 0 amide bonds. The molecular weight excluding hydrogens is 420 g/mol. The third-order valence-electron chi connectivity index (χ3n) is 4.95. The lowest BCUT2D eigenvalue weighted by molar-refractivity contribution is 0.0378. The Kier molecular flexibility index (Phi) is 7.36. The number of carbonyl (C=O) groups excluding carboxylic acids is 1. The Hall–Kier alpha value is -4.25. The maximum atomic E-state index is 13.0. The number of rotatable bonds is 7. The Morgan fingerprint density at radius 1 is 1.12 bits per heavy atom. The molecule has 0 fully saturated rings. The molecule has 1 heterocycles. The van der Waals surface area contributed by atoms with Crippen molar-refractivity contribution < 1.29 is 14.6 Å².